The van der Waals surface area contributed by atoms with Crippen LogP contribution in [0.15, 0.2) is 12.0 Å². The fourth-order valence-corrected chi connectivity index (χ4v) is 1.34. The average Bonchev–Trinajstić information content (AvgIpc) is 1.94. The molecule has 84 valence electrons. The van der Waals surface area contributed by atoms with Crippen molar-refractivity contribution in [2.45, 2.75) is 33.5 Å². The minimum absolute atomic E-state index is 0.203. The van der Waals surface area contributed by atoms with Crippen LogP contribution in [-0.4, -0.2) is 14.9 Å². The van der Waals surface area contributed by atoms with E-state index >= 15 is 0 Å². The van der Waals surface area contributed by atoms with Gasteiger partial charge in [-0.15, -0.1) is 0 Å². The highest BCUT2D eigenvalue weighted by molar-refractivity contribution is 6.69. The summed E-state index contributed by atoms with van der Waals surface area (Å²) in [6.07, 6.45) is -1.88. The second-order valence-corrected chi connectivity index (χ2v) is 8.90. The zero-order valence-corrected chi connectivity index (χ0v) is 10.4. The van der Waals surface area contributed by atoms with Crippen LogP contribution in [0.5, 0.6) is 0 Å². The lowest BCUT2D eigenvalue weighted by Crippen LogP contribution is -2.26. The van der Waals surface area contributed by atoms with Gasteiger partial charge in [0.05, 0.1) is 6.61 Å². The van der Waals surface area contributed by atoms with Crippen LogP contribution in [0.25, 0.3) is 0 Å². The first-order valence-electron chi connectivity index (χ1n) is 4.59. The van der Waals surface area contributed by atoms with Crippen LogP contribution in [0.2, 0.25) is 19.6 Å². The Hall–Kier alpha value is -0.583. The van der Waals surface area contributed by atoms with Gasteiger partial charge in [-0.2, -0.15) is 8.78 Å². The molecule has 0 rings (SSSR count). The number of rotatable bonds is 5. The van der Waals surface area contributed by atoms with Crippen molar-refractivity contribution in [1.29, 1.82) is 0 Å². The van der Waals surface area contributed by atoms with Crippen LogP contribution < -0.4 is 0 Å². The van der Waals surface area contributed by atoms with E-state index in [9.17, 15) is 8.78 Å². The summed E-state index contributed by atoms with van der Waals surface area (Å²) < 4.78 is 34.6. The molecule has 0 aliphatic heterocycles. The van der Waals surface area contributed by atoms with E-state index in [1.807, 2.05) is 33.5 Å². The molecule has 0 saturated heterocycles. The van der Waals surface area contributed by atoms with E-state index in [0.29, 0.717) is 0 Å². The van der Waals surface area contributed by atoms with E-state index in [4.69, 9.17) is 9.16 Å². The lowest BCUT2D eigenvalue weighted by Gasteiger charge is -2.21. The first-order chi connectivity index (χ1) is 6.22. The van der Waals surface area contributed by atoms with Crippen LogP contribution in [-0.2, 0) is 9.16 Å². The quantitative estimate of drug-likeness (QED) is 0.525. The first kappa shape index (κ1) is 13.4. The summed E-state index contributed by atoms with van der Waals surface area (Å²) >= 11 is 0. The van der Waals surface area contributed by atoms with Crippen molar-refractivity contribution in [3.05, 3.63) is 12.0 Å². The molecule has 2 nitrogen and oxygen atoms in total. The normalized spacial score (nSPS) is 11.4. The molecule has 0 heterocycles. The number of halogens is 2. The molecule has 0 saturated carbocycles. The third-order valence-electron chi connectivity index (χ3n) is 1.10. The fourth-order valence-electron chi connectivity index (χ4n) is 0.643. The molecule has 0 atom stereocenters. The Labute approximate surface area is 85.0 Å². The average molecular weight is 224 g/mol. The molecule has 0 amide bonds. The van der Waals surface area contributed by atoms with E-state index in [2.05, 4.69) is 0 Å². The van der Waals surface area contributed by atoms with Crippen molar-refractivity contribution in [3.63, 3.8) is 0 Å². The van der Waals surface area contributed by atoms with Crippen LogP contribution >= 0.6 is 0 Å². The van der Waals surface area contributed by atoms with Crippen LogP contribution in [0, 0.1) is 5.92 Å². The molecule has 0 bridgehead atoms. The topological polar surface area (TPSA) is 18.5 Å². The van der Waals surface area contributed by atoms with Gasteiger partial charge in [-0.25, -0.2) is 0 Å². The largest absolute Gasteiger partial charge is 0.516 e. The summed E-state index contributed by atoms with van der Waals surface area (Å²) in [5.41, 5.74) is 0. The Kier molecular flexibility index (Phi) is 5.11. The van der Waals surface area contributed by atoms with Gasteiger partial charge < -0.3 is 9.16 Å². The van der Waals surface area contributed by atoms with E-state index < -0.39 is 20.3 Å². The molecule has 0 fully saturated rings. The summed E-state index contributed by atoms with van der Waals surface area (Å²) in [6, 6.07) is 0. The third kappa shape index (κ3) is 6.88. The predicted octanol–water partition coefficient (Wildman–Crippen LogP) is 3.58. The Morgan fingerprint density at radius 1 is 1.21 bits per heavy atom. The monoisotopic (exact) mass is 224 g/mol. The summed E-state index contributed by atoms with van der Waals surface area (Å²) in [5, 5.41) is 0. The molecule has 0 aliphatic rings. The van der Waals surface area contributed by atoms with Gasteiger partial charge in [0, 0.05) is 0 Å². The number of ether oxygens (including phenoxy) is 1. The molecule has 0 aromatic rings. The highest BCUT2D eigenvalue weighted by atomic mass is 28.4. The molecule has 0 radical (unpaired) electrons. The fraction of sp³-hybridized carbons (Fsp3) is 0.778. The maximum atomic E-state index is 12.3. The van der Waals surface area contributed by atoms with Gasteiger partial charge in [-0.3, -0.25) is 0 Å². The van der Waals surface area contributed by atoms with Gasteiger partial charge in [0.2, 0.25) is 8.32 Å². The maximum absolute atomic E-state index is 12.3. The van der Waals surface area contributed by atoms with Crippen LogP contribution in [0.1, 0.15) is 13.8 Å². The molecule has 0 N–H and O–H groups in total. The lowest BCUT2D eigenvalue weighted by molar-refractivity contribution is 0.0641. The van der Waals surface area contributed by atoms with Gasteiger partial charge in [-0.1, -0.05) is 13.8 Å². The smallest absolute Gasteiger partial charge is 0.348 e. The van der Waals surface area contributed by atoms with Gasteiger partial charge in [0.1, 0.15) is 0 Å². The Bertz CT molecular complexity index is 205. The second kappa shape index (κ2) is 5.34. The summed E-state index contributed by atoms with van der Waals surface area (Å²) in [5.74, 6) is -0.396. The lowest BCUT2D eigenvalue weighted by atomic mass is 10.2. The highest BCUT2D eigenvalue weighted by Gasteiger charge is 2.22. The Morgan fingerprint density at radius 2 is 1.71 bits per heavy atom. The third-order valence-corrected chi connectivity index (χ3v) is 1.90. The van der Waals surface area contributed by atoms with E-state index in [1.54, 1.807) is 0 Å². The van der Waals surface area contributed by atoms with Crippen molar-refractivity contribution >= 4 is 8.32 Å². The minimum atomic E-state index is -2.02. The van der Waals surface area contributed by atoms with Crippen molar-refractivity contribution in [3.8, 4) is 0 Å². The van der Waals surface area contributed by atoms with Crippen LogP contribution in [0.3, 0.4) is 0 Å². The Balaban J connectivity index is 4.28. The minimum Gasteiger partial charge on any atom is -0.516 e. The highest BCUT2D eigenvalue weighted by Crippen LogP contribution is 2.18. The molecule has 0 unspecified atom stereocenters. The molecular weight excluding hydrogens is 206 g/mol. The van der Waals surface area contributed by atoms with E-state index in [-0.39, 0.29) is 12.5 Å². The number of hydrogen-bond acceptors (Lipinski definition) is 2. The van der Waals surface area contributed by atoms with Gasteiger partial charge >= 0.3 is 12.0 Å². The van der Waals surface area contributed by atoms with Crippen molar-refractivity contribution in [2.75, 3.05) is 6.61 Å². The first-order valence-corrected chi connectivity index (χ1v) is 8.00. The van der Waals surface area contributed by atoms with E-state index in [1.165, 1.54) is 0 Å². The second-order valence-electron chi connectivity index (χ2n) is 4.47. The van der Waals surface area contributed by atoms with Crippen LogP contribution in [0.4, 0.5) is 8.78 Å². The summed E-state index contributed by atoms with van der Waals surface area (Å²) in [7, 11) is -2.02. The molecule has 0 aromatic heterocycles. The molecule has 14 heavy (non-hydrogen) atoms. The van der Waals surface area contributed by atoms with E-state index in [0.717, 1.165) is 0 Å². The van der Waals surface area contributed by atoms with Crippen molar-refractivity contribution < 1.29 is 17.9 Å². The summed E-state index contributed by atoms with van der Waals surface area (Å²) in [6.45, 7) is 9.51. The Morgan fingerprint density at radius 3 is 2.00 bits per heavy atom. The number of hydrogen-bond donors (Lipinski definition) is 0. The van der Waals surface area contributed by atoms with Gasteiger partial charge in [-0.05, 0) is 25.6 Å². The molecule has 5 heteroatoms. The van der Waals surface area contributed by atoms with Crippen molar-refractivity contribution in [1.82, 2.24) is 0 Å². The maximum Gasteiger partial charge on any atom is 0.348 e. The molecule has 0 spiro atoms. The zero-order chi connectivity index (χ0) is 11.4. The molecule has 0 aliphatic carbocycles. The SMILES string of the molecule is CC(C)COC(O[Si](C)(C)C)=C(F)F. The zero-order valence-electron chi connectivity index (χ0n) is 9.36. The van der Waals surface area contributed by atoms with Gasteiger partial charge in [0.15, 0.2) is 0 Å². The molecular formula is C9H18F2O2Si. The van der Waals surface area contributed by atoms with Crippen molar-refractivity contribution in [2.24, 2.45) is 5.92 Å². The molecule has 0 aromatic carbocycles. The summed E-state index contributed by atoms with van der Waals surface area (Å²) in [4.78, 5) is 0. The predicted molar refractivity (Wildman–Crippen MR) is 54.5 cm³/mol. The van der Waals surface area contributed by atoms with Gasteiger partial charge in [0.25, 0.3) is 0 Å². The standard InChI is InChI=1S/C9H18F2O2Si/c1-7(2)6-12-9(8(10)11)13-14(3,4)5/h7H,6H2,1-5H3.